The van der Waals surface area contributed by atoms with Crippen LogP contribution < -0.4 is 15.6 Å². The zero-order valence-electron chi connectivity index (χ0n) is 17.7. The van der Waals surface area contributed by atoms with E-state index in [1.54, 1.807) is 60.2 Å². The van der Waals surface area contributed by atoms with Gasteiger partial charge < -0.3 is 0 Å². The Hall–Kier alpha value is -3.38. The highest BCUT2D eigenvalue weighted by atomic mass is 79.9. The van der Waals surface area contributed by atoms with Gasteiger partial charge in [0.15, 0.2) is 5.83 Å². The van der Waals surface area contributed by atoms with Crippen molar-refractivity contribution in [2.75, 3.05) is 4.90 Å². The van der Waals surface area contributed by atoms with Crippen LogP contribution in [0.4, 0.5) is 15.8 Å². The zero-order valence-corrected chi connectivity index (χ0v) is 20.1. The minimum atomic E-state index is -4.22. The molecule has 2 bridgehead atoms. The van der Waals surface area contributed by atoms with Gasteiger partial charge in [-0.25, -0.2) is 17.9 Å². The lowest BCUT2D eigenvalue weighted by molar-refractivity contribution is -0.115. The largest absolute Gasteiger partial charge is 0.292 e. The van der Waals surface area contributed by atoms with E-state index < -0.39 is 21.8 Å². The number of nitrogens with one attached hydrogen (secondary N) is 1. The van der Waals surface area contributed by atoms with Crippen LogP contribution >= 0.6 is 15.9 Å². The molecule has 34 heavy (non-hydrogen) atoms. The SMILES string of the molecule is C/C(=C(\F)C(=O)N1c2c(-c3ccccc3)cc(S(N)(=O)=O)c1c2Br)c1cccc(/C=N\NO)c1. The van der Waals surface area contributed by atoms with E-state index in [2.05, 4.69) is 21.0 Å². The van der Waals surface area contributed by atoms with Crippen molar-refractivity contribution in [1.29, 1.82) is 0 Å². The Labute approximate surface area is 203 Å². The summed E-state index contributed by atoms with van der Waals surface area (Å²) >= 11 is 3.34. The van der Waals surface area contributed by atoms with Crippen molar-refractivity contribution >= 4 is 55.0 Å². The maximum absolute atomic E-state index is 15.5. The van der Waals surface area contributed by atoms with E-state index in [1.807, 2.05) is 0 Å². The number of fused-ring (bicyclic) bond motifs is 2. The summed E-state index contributed by atoms with van der Waals surface area (Å²) in [7, 11) is -4.22. The molecule has 0 fully saturated rings. The molecule has 0 spiro atoms. The fraction of sp³-hybridized carbons (Fsp3) is 0.0435. The lowest BCUT2D eigenvalue weighted by atomic mass is 9.96. The van der Waals surface area contributed by atoms with Crippen LogP contribution in [0.3, 0.4) is 0 Å². The number of carbonyl (C=O) groups excluding carboxylic acids is 1. The Kier molecular flexibility index (Phi) is 6.36. The molecule has 0 aliphatic carbocycles. The van der Waals surface area contributed by atoms with Gasteiger partial charge in [-0.05, 0) is 57.2 Å². The zero-order chi connectivity index (χ0) is 24.6. The van der Waals surface area contributed by atoms with Gasteiger partial charge in [-0.15, -0.1) is 0 Å². The number of carbonyl (C=O) groups is 1. The first kappa shape index (κ1) is 23.8. The molecule has 11 heteroatoms. The number of hydrazone groups is 1. The fourth-order valence-corrected chi connectivity index (χ4v) is 5.35. The maximum Gasteiger partial charge on any atom is 0.292 e. The number of primary sulfonamides is 1. The van der Waals surface area contributed by atoms with Gasteiger partial charge in [0.1, 0.15) is 4.90 Å². The molecule has 3 aromatic carbocycles. The van der Waals surface area contributed by atoms with E-state index >= 15 is 4.39 Å². The molecule has 5 rings (SSSR count). The van der Waals surface area contributed by atoms with Crippen LogP contribution in [0.15, 0.2) is 81.0 Å². The predicted molar refractivity (Wildman–Crippen MR) is 131 cm³/mol. The van der Waals surface area contributed by atoms with Crippen LogP contribution in [-0.2, 0) is 14.8 Å². The Morgan fingerprint density at radius 2 is 1.85 bits per heavy atom. The molecule has 1 amide bonds. The first-order valence-corrected chi connectivity index (χ1v) is 12.2. The highest BCUT2D eigenvalue weighted by Crippen LogP contribution is 2.57. The third kappa shape index (κ3) is 4.14. The lowest BCUT2D eigenvalue weighted by Crippen LogP contribution is -2.36. The van der Waals surface area contributed by atoms with Gasteiger partial charge in [0.25, 0.3) is 5.91 Å². The fourth-order valence-electron chi connectivity index (χ4n) is 3.69. The van der Waals surface area contributed by atoms with Crippen molar-refractivity contribution in [3.05, 3.63) is 82.1 Å². The van der Waals surface area contributed by atoms with Crippen molar-refractivity contribution in [2.45, 2.75) is 11.8 Å². The van der Waals surface area contributed by atoms with Crippen molar-refractivity contribution < 1.29 is 22.8 Å². The van der Waals surface area contributed by atoms with E-state index in [4.69, 9.17) is 10.3 Å². The van der Waals surface area contributed by atoms with E-state index in [9.17, 15) is 13.2 Å². The van der Waals surface area contributed by atoms with Crippen LogP contribution in [-0.4, -0.2) is 25.7 Å². The molecule has 2 aliphatic rings. The lowest BCUT2D eigenvalue weighted by Gasteiger charge is -2.38. The van der Waals surface area contributed by atoms with Gasteiger partial charge in [0, 0.05) is 5.56 Å². The van der Waals surface area contributed by atoms with Gasteiger partial charge in [-0.2, -0.15) is 10.7 Å². The highest BCUT2D eigenvalue weighted by Gasteiger charge is 2.42. The summed E-state index contributed by atoms with van der Waals surface area (Å²) < 4.78 is 40.4. The second kappa shape index (κ2) is 9.11. The van der Waals surface area contributed by atoms with Crippen LogP contribution in [0.2, 0.25) is 0 Å². The average molecular weight is 545 g/mol. The summed E-state index contributed by atoms with van der Waals surface area (Å²) in [4.78, 5) is 14.0. The Morgan fingerprint density at radius 1 is 1.15 bits per heavy atom. The molecule has 0 unspecified atom stereocenters. The summed E-state index contributed by atoms with van der Waals surface area (Å²) in [5, 5.41) is 17.5. The second-order valence-corrected chi connectivity index (χ2v) is 9.73. The topological polar surface area (TPSA) is 125 Å². The standard InChI is InChI=1S/C23H18BrFN4O4S/c1-13(16-9-5-6-14(10-16)12-27-28-31)20(25)23(30)29-21-17(15-7-3-2-4-8-15)11-18(34(26,32)33)22(29)19(21)24/h2-12,28,31H,1H3,(H2,26,32,33)/b20-13+,27-12-. The van der Waals surface area contributed by atoms with Crippen LogP contribution in [0, 0.1) is 0 Å². The number of nitrogens with two attached hydrogens (primary N) is 1. The molecule has 0 aromatic heterocycles. The summed E-state index contributed by atoms with van der Waals surface area (Å²) in [6.45, 7) is 1.44. The summed E-state index contributed by atoms with van der Waals surface area (Å²) in [6.07, 6.45) is 1.32. The van der Waals surface area contributed by atoms with E-state index in [1.165, 1.54) is 19.2 Å². The molecule has 3 aromatic rings. The normalized spacial score (nSPS) is 13.5. The first-order valence-electron chi connectivity index (χ1n) is 9.83. The minimum Gasteiger partial charge on any atom is -0.274 e. The Balaban J connectivity index is 1.82. The quantitative estimate of drug-likeness (QED) is 0.240. The third-order valence-corrected chi connectivity index (χ3v) is 7.00. The van der Waals surface area contributed by atoms with E-state index in [-0.39, 0.29) is 16.2 Å². The van der Waals surface area contributed by atoms with Crippen molar-refractivity contribution in [1.82, 2.24) is 5.59 Å². The first-order chi connectivity index (χ1) is 16.1. The molecule has 2 aliphatic heterocycles. The Bertz CT molecular complexity index is 1470. The number of allylic oxidation sites excluding steroid dienone is 1. The van der Waals surface area contributed by atoms with E-state index in [0.29, 0.717) is 32.4 Å². The van der Waals surface area contributed by atoms with Gasteiger partial charge in [0.05, 0.1) is 22.1 Å². The number of nitrogens with zero attached hydrogens (tertiary/aromatic N) is 2. The van der Waals surface area contributed by atoms with Crippen molar-refractivity contribution in [3.8, 4) is 11.1 Å². The molecule has 4 N–H and O–H groups in total. The number of halogens is 2. The second-order valence-electron chi connectivity index (χ2n) is 7.41. The average Bonchev–Trinajstić information content (AvgIpc) is 2.84. The van der Waals surface area contributed by atoms with E-state index in [0.717, 1.165) is 4.90 Å². The molecular formula is C23H18BrFN4O4S. The molecule has 8 nitrogen and oxygen atoms in total. The van der Waals surface area contributed by atoms with Crippen LogP contribution in [0.5, 0.6) is 0 Å². The number of sulfonamides is 1. The van der Waals surface area contributed by atoms with Crippen molar-refractivity contribution in [2.24, 2.45) is 10.2 Å². The predicted octanol–water partition coefficient (Wildman–Crippen LogP) is 4.46. The van der Waals surface area contributed by atoms with Gasteiger partial charge in [-0.1, -0.05) is 48.5 Å². The third-order valence-electron chi connectivity index (χ3n) is 5.33. The van der Waals surface area contributed by atoms with Crippen LogP contribution in [0.1, 0.15) is 18.1 Å². The number of amides is 1. The van der Waals surface area contributed by atoms with Crippen molar-refractivity contribution in [3.63, 3.8) is 0 Å². The highest BCUT2D eigenvalue weighted by molar-refractivity contribution is 9.10. The van der Waals surface area contributed by atoms with Gasteiger partial charge in [-0.3, -0.25) is 14.9 Å². The number of hydrogen-bond donors (Lipinski definition) is 3. The molecule has 0 atom stereocenters. The molecule has 0 saturated heterocycles. The molecule has 174 valence electrons. The minimum absolute atomic E-state index is 0.0139. The number of hydrogen-bond acceptors (Lipinski definition) is 6. The molecular weight excluding hydrogens is 527 g/mol. The van der Waals surface area contributed by atoms with Gasteiger partial charge in [0.2, 0.25) is 10.0 Å². The maximum atomic E-state index is 15.5. The molecule has 2 heterocycles. The molecule has 0 radical (unpaired) electrons. The summed E-state index contributed by atoms with van der Waals surface area (Å²) in [5.74, 6) is -2.09. The summed E-state index contributed by atoms with van der Waals surface area (Å²) in [5.41, 5.74) is 4.03. The number of anilines is 2. The monoisotopic (exact) mass is 544 g/mol. The summed E-state index contributed by atoms with van der Waals surface area (Å²) in [6, 6.07) is 16.7. The van der Waals surface area contributed by atoms with Gasteiger partial charge >= 0.3 is 0 Å². The Morgan fingerprint density at radius 3 is 2.50 bits per heavy atom. The molecule has 0 saturated carbocycles. The number of benzene rings is 3. The number of rotatable bonds is 6. The smallest absolute Gasteiger partial charge is 0.274 e. The van der Waals surface area contributed by atoms with Crippen LogP contribution in [0.25, 0.3) is 16.7 Å².